The van der Waals surface area contributed by atoms with Gasteiger partial charge >= 0.3 is 9.28 Å². The minimum Gasteiger partial charge on any atom is -0.393 e. The van der Waals surface area contributed by atoms with Gasteiger partial charge in [-0.3, -0.25) is 0 Å². The monoisotopic (exact) mass is 301 g/mol. The third-order valence-corrected chi connectivity index (χ3v) is 4.96. The molecule has 0 saturated heterocycles. The van der Waals surface area contributed by atoms with Crippen molar-refractivity contribution in [3.05, 3.63) is 34.3 Å². The number of rotatable bonds is 6. The van der Waals surface area contributed by atoms with Crippen molar-refractivity contribution in [2.45, 2.75) is 26.3 Å². The van der Waals surface area contributed by atoms with Crippen molar-refractivity contribution in [3.63, 3.8) is 0 Å². The molecule has 16 heavy (non-hydrogen) atoms. The second kappa shape index (κ2) is 7.22. The van der Waals surface area contributed by atoms with Gasteiger partial charge in [0.1, 0.15) is 0 Å². The van der Waals surface area contributed by atoms with Gasteiger partial charge in [-0.05, 0) is 31.5 Å². The lowest BCUT2D eigenvalue weighted by atomic mass is 10.2. The summed E-state index contributed by atoms with van der Waals surface area (Å²) in [6, 6.07) is 8.34. The van der Waals surface area contributed by atoms with Crippen molar-refractivity contribution in [1.29, 1.82) is 0 Å². The number of hydrogen-bond acceptors (Lipinski definition) is 2. The molecule has 0 saturated carbocycles. The zero-order valence-electron chi connectivity index (χ0n) is 10.00. The summed E-state index contributed by atoms with van der Waals surface area (Å²) in [4.78, 5) is 0. The molecule has 1 radical (unpaired) electrons. The second-order valence-corrected chi connectivity index (χ2v) is 6.46. The molecule has 0 amide bonds. The van der Waals surface area contributed by atoms with Crippen molar-refractivity contribution >= 4 is 25.2 Å². The molecule has 0 spiro atoms. The maximum Gasteiger partial charge on any atom is 0.392 e. The lowest BCUT2D eigenvalue weighted by Gasteiger charge is -2.20. The molecule has 0 fully saturated rings. The van der Waals surface area contributed by atoms with E-state index in [1.165, 1.54) is 5.56 Å². The third kappa shape index (κ3) is 4.01. The molecule has 1 atom stereocenters. The lowest BCUT2D eigenvalue weighted by Crippen LogP contribution is -2.30. The highest BCUT2D eigenvalue weighted by Gasteiger charge is 2.25. The Balaban J connectivity index is 2.76. The number of hydrogen-bond donors (Lipinski definition) is 0. The Bertz CT molecular complexity index is 314. The zero-order valence-corrected chi connectivity index (χ0v) is 12.6. The van der Waals surface area contributed by atoms with Gasteiger partial charge in [0, 0.05) is 23.2 Å². The van der Waals surface area contributed by atoms with Crippen LogP contribution in [-0.2, 0) is 8.85 Å². The highest BCUT2D eigenvalue weighted by atomic mass is 79.9. The summed E-state index contributed by atoms with van der Waals surface area (Å²) >= 11 is 3.49. The Morgan fingerprint density at radius 2 is 1.88 bits per heavy atom. The van der Waals surface area contributed by atoms with E-state index < -0.39 is 9.28 Å². The van der Waals surface area contributed by atoms with E-state index in [0.717, 1.165) is 4.47 Å². The summed E-state index contributed by atoms with van der Waals surface area (Å²) in [5, 5.41) is 0. The van der Waals surface area contributed by atoms with Crippen LogP contribution in [0.5, 0.6) is 0 Å². The summed E-state index contributed by atoms with van der Waals surface area (Å²) in [6.07, 6.45) is 0. The van der Waals surface area contributed by atoms with Crippen LogP contribution in [0.25, 0.3) is 0 Å². The van der Waals surface area contributed by atoms with Gasteiger partial charge in [-0.1, -0.05) is 35.0 Å². The van der Waals surface area contributed by atoms with E-state index in [1.807, 2.05) is 26.0 Å². The predicted molar refractivity (Wildman–Crippen MR) is 71.6 cm³/mol. The zero-order chi connectivity index (χ0) is 12.0. The third-order valence-electron chi connectivity index (χ3n) is 2.28. The van der Waals surface area contributed by atoms with Crippen molar-refractivity contribution in [2.75, 3.05) is 13.2 Å². The quantitative estimate of drug-likeness (QED) is 0.747. The molecule has 0 N–H and O–H groups in total. The van der Waals surface area contributed by atoms with E-state index in [1.54, 1.807) is 0 Å². The van der Waals surface area contributed by atoms with Gasteiger partial charge in [0.2, 0.25) is 0 Å². The molecular formula is C12H18BrO2Si. The van der Waals surface area contributed by atoms with Gasteiger partial charge in [0.05, 0.1) is 0 Å². The summed E-state index contributed by atoms with van der Waals surface area (Å²) in [5.41, 5.74) is 1.60. The van der Waals surface area contributed by atoms with Gasteiger partial charge in [-0.25, -0.2) is 0 Å². The molecule has 0 aliphatic heterocycles. The summed E-state index contributed by atoms with van der Waals surface area (Å²) < 4.78 is 12.5. The van der Waals surface area contributed by atoms with Gasteiger partial charge < -0.3 is 8.85 Å². The summed E-state index contributed by atoms with van der Waals surface area (Å²) in [7, 11) is -1.21. The van der Waals surface area contributed by atoms with Gasteiger partial charge in [-0.15, -0.1) is 0 Å². The van der Waals surface area contributed by atoms with Crippen LogP contribution >= 0.6 is 15.9 Å². The average Bonchev–Trinajstić information content (AvgIpc) is 2.28. The molecule has 2 nitrogen and oxygen atoms in total. The Labute approximate surface area is 108 Å². The van der Waals surface area contributed by atoms with Gasteiger partial charge in [0.15, 0.2) is 0 Å². The summed E-state index contributed by atoms with van der Waals surface area (Å²) in [5.74, 6) is 0. The van der Waals surface area contributed by atoms with Crippen LogP contribution in [0.1, 0.15) is 31.9 Å². The smallest absolute Gasteiger partial charge is 0.392 e. The standard InChI is InChI=1S/C12H18BrO2Si/c1-4-14-16(15-5-2)10(3)11-7-6-8-12(13)9-11/h6-10H,4-5H2,1-3H3. The van der Waals surface area contributed by atoms with Gasteiger partial charge in [0.25, 0.3) is 0 Å². The summed E-state index contributed by atoms with van der Waals surface area (Å²) in [6.45, 7) is 7.62. The molecule has 1 aromatic rings. The molecular weight excluding hydrogens is 284 g/mol. The van der Waals surface area contributed by atoms with Crippen LogP contribution in [0.4, 0.5) is 0 Å². The first-order chi connectivity index (χ1) is 7.69. The molecule has 1 rings (SSSR count). The Kier molecular flexibility index (Phi) is 6.27. The largest absolute Gasteiger partial charge is 0.393 e. The van der Waals surface area contributed by atoms with Crippen LogP contribution in [-0.4, -0.2) is 22.5 Å². The Hall–Kier alpha value is -0.163. The molecule has 0 aliphatic carbocycles. The van der Waals surface area contributed by atoms with E-state index in [9.17, 15) is 0 Å². The fourth-order valence-electron chi connectivity index (χ4n) is 1.49. The van der Waals surface area contributed by atoms with Crippen molar-refractivity contribution in [2.24, 2.45) is 0 Å². The van der Waals surface area contributed by atoms with Crippen LogP contribution in [0.3, 0.4) is 0 Å². The molecule has 1 aromatic carbocycles. The molecule has 0 aromatic heterocycles. The first-order valence-electron chi connectivity index (χ1n) is 5.56. The second-order valence-electron chi connectivity index (χ2n) is 3.46. The van der Waals surface area contributed by atoms with Crippen LogP contribution in [0.2, 0.25) is 0 Å². The minimum atomic E-state index is -1.21. The maximum absolute atomic E-state index is 5.70. The molecule has 89 valence electrons. The molecule has 1 unspecified atom stereocenters. The lowest BCUT2D eigenvalue weighted by molar-refractivity contribution is 0.206. The van der Waals surface area contributed by atoms with Crippen molar-refractivity contribution in [3.8, 4) is 0 Å². The first kappa shape index (κ1) is 13.9. The fraction of sp³-hybridized carbons (Fsp3) is 0.500. The number of halogens is 1. The predicted octanol–water partition coefficient (Wildman–Crippen LogP) is 3.65. The highest BCUT2D eigenvalue weighted by Crippen LogP contribution is 2.22. The van der Waals surface area contributed by atoms with E-state index in [4.69, 9.17) is 8.85 Å². The average molecular weight is 302 g/mol. The van der Waals surface area contributed by atoms with Crippen molar-refractivity contribution in [1.82, 2.24) is 0 Å². The van der Waals surface area contributed by atoms with E-state index in [-0.39, 0.29) is 0 Å². The van der Waals surface area contributed by atoms with Crippen LogP contribution in [0, 0.1) is 0 Å². The van der Waals surface area contributed by atoms with Crippen LogP contribution < -0.4 is 0 Å². The fourth-order valence-corrected chi connectivity index (χ4v) is 3.51. The highest BCUT2D eigenvalue weighted by molar-refractivity contribution is 9.10. The SMILES string of the molecule is CCO[Si](OCC)C(C)c1cccc(Br)c1. The Morgan fingerprint density at radius 3 is 2.38 bits per heavy atom. The van der Waals surface area contributed by atoms with E-state index in [2.05, 4.69) is 35.0 Å². The Morgan fingerprint density at radius 1 is 1.25 bits per heavy atom. The number of benzene rings is 1. The van der Waals surface area contributed by atoms with Gasteiger partial charge in [-0.2, -0.15) is 0 Å². The minimum absolute atomic E-state index is 0.336. The molecule has 0 bridgehead atoms. The molecule has 0 heterocycles. The van der Waals surface area contributed by atoms with Crippen molar-refractivity contribution < 1.29 is 8.85 Å². The normalized spacial score (nSPS) is 13.1. The molecule has 0 aliphatic rings. The topological polar surface area (TPSA) is 18.5 Å². The van der Waals surface area contributed by atoms with E-state index >= 15 is 0 Å². The molecule has 4 heteroatoms. The first-order valence-corrected chi connectivity index (χ1v) is 7.75. The van der Waals surface area contributed by atoms with Crippen LogP contribution in [0.15, 0.2) is 28.7 Å². The maximum atomic E-state index is 5.70. The van der Waals surface area contributed by atoms with E-state index in [0.29, 0.717) is 18.8 Å².